The molecule has 4 heteroatoms. The van der Waals surface area contributed by atoms with Crippen LogP contribution in [0.1, 0.15) is 24.4 Å². The highest BCUT2D eigenvalue weighted by atomic mass is 35.5. The molecule has 19 heavy (non-hydrogen) atoms. The van der Waals surface area contributed by atoms with Crippen molar-refractivity contribution in [3.8, 4) is 0 Å². The van der Waals surface area contributed by atoms with E-state index >= 15 is 0 Å². The maximum absolute atomic E-state index is 12.0. The summed E-state index contributed by atoms with van der Waals surface area (Å²) < 4.78 is 1.99. The Morgan fingerprint density at radius 3 is 3.05 bits per heavy atom. The summed E-state index contributed by atoms with van der Waals surface area (Å²) in [6.07, 6.45) is 8.76. The molecule has 1 aliphatic rings. The van der Waals surface area contributed by atoms with Crippen molar-refractivity contribution in [2.45, 2.75) is 18.9 Å². The summed E-state index contributed by atoms with van der Waals surface area (Å²) in [5.41, 5.74) is 1.79. The minimum absolute atomic E-state index is 0.0916. The molecule has 1 atom stereocenters. The summed E-state index contributed by atoms with van der Waals surface area (Å²) in [4.78, 5) is 16.1. The molecular weight excluding hydrogens is 260 g/mol. The smallest absolute Gasteiger partial charge is 0.161 e. The lowest BCUT2D eigenvalue weighted by molar-refractivity contribution is -0.114. The molecule has 0 amide bonds. The molecule has 96 valence electrons. The Hall–Kier alpha value is -1.87. The van der Waals surface area contributed by atoms with Crippen LogP contribution >= 0.6 is 11.6 Å². The zero-order chi connectivity index (χ0) is 13.2. The Balaban J connectivity index is 1.99. The van der Waals surface area contributed by atoms with E-state index in [4.69, 9.17) is 11.6 Å². The van der Waals surface area contributed by atoms with Crippen molar-refractivity contribution < 1.29 is 4.79 Å². The minimum Gasteiger partial charge on any atom is -0.330 e. The normalized spacial score (nSPS) is 21.2. The van der Waals surface area contributed by atoms with Crippen LogP contribution < -0.4 is 0 Å². The molecule has 0 bridgehead atoms. The molecule has 1 aromatic heterocycles. The first kappa shape index (κ1) is 12.2. The van der Waals surface area contributed by atoms with E-state index in [1.54, 1.807) is 12.5 Å². The Morgan fingerprint density at radius 2 is 2.32 bits per heavy atom. The fourth-order valence-electron chi connectivity index (χ4n) is 2.47. The Labute approximate surface area is 116 Å². The molecule has 1 saturated carbocycles. The lowest BCUT2D eigenvalue weighted by Gasteiger charge is -2.12. The molecule has 0 aliphatic heterocycles. The van der Waals surface area contributed by atoms with Crippen LogP contribution in [0.4, 0.5) is 0 Å². The summed E-state index contributed by atoms with van der Waals surface area (Å²) in [6.45, 7) is 0. The Bertz CT molecular complexity index is 631. The zero-order valence-electron chi connectivity index (χ0n) is 10.3. The van der Waals surface area contributed by atoms with Crippen molar-refractivity contribution in [1.82, 2.24) is 9.55 Å². The van der Waals surface area contributed by atoms with Gasteiger partial charge in [-0.25, -0.2) is 4.98 Å². The third kappa shape index (κ3) is 2.47. The van der Waals surface area contributed by atoms with E-state index in [9.17, 15) is 4.79 Å². The van der Waals surface area contributed by atoms with Gasteiger partial charge < -0.3 is 4.57 Å². The monoisotopic (exact) mass is 272 g/mol. The van der Waals surface area contributed by atoms with Gasteiger partial charge in [0.2, 0.25) is 0 Å². The van der Waals surface area contributed by atoms with Crippen LogP contribution in [-0.4, -0.2) is 15.3 Å². The number of imidazole rings is 1. The van der Waals surface area contributed by atoms with Gasteiger partial charge in [0.25, 0.3) is 0 Å². The van der Waals surface area contributed by atoms with E-state index in [0.717, 1.165) is 17.6 Å². The molecule has 0 saturated heterocycles. The fraction of sp³-hybridized carbons (Fsp3) is 0.200. The highest BCUT2D eigenvalue weighted by Gasteiger charge is 2.29. The van der Waals surface area contributed by atoms with E-state index in [0.29, 0.717) is 11.4 Å². The van der Waals surface area contributed by atoms with Crippen molar-refractivity contribution >= 4 is 23.5 Å². The van der Waals surface area contributed by atoms with Crippen LogP contribution in [0.2, 0.25) is 5.02 Å². The van der Waals surface area contributed by atoms with Crippen molar-refractivity contribution in [2.75, 3.05) is 0 Å². The van der Waals surface area contributed by atoms with Gasteiger partial charge in [0.1, 0.15) is 0 Å². The molecule has 1 aromatic carbocycles. The third-order valence-electron chi connectivity index (χ3n) is 3.38. The molecule has 3 nitrogen and oxygen atoms in total. The molecule has 1 heterocycles. The summed E-state index contributed by atoms with van der Waals surface area (Å²) in [6, 6.07) is 7.63. The number of aromatic nitrogens is 2. The SMILES string of the molecule is O=C1CCC(n2ccnc2)/C1=C\c1cccc(Cl)c1. The standard InChI is InChI=1S/C15H13ClN2O/c16-12-3-1-2-11(8-12)9-13-14(4-5-15(13)19)18-7-6-17-10-18/h1-3,6-10,14H,4-5H2/b13-9+. The van der Waals surface area contributed by atoms with Crippen LogP contribution in [0.25, 0.3) is 6.08 Å². The van der Waals surface area contributed by atoms with Crippen LogP contribution in [0.5, 0.6) is 0 Å². The fourth-order valence-corrected chi connectivity index (χ4v) is 2.67. The van der Waals surface area contributed by atoms with Crippen molar-refractivity contribution in [1.29, 1.82) is 0 Å². The maximum Gasteiger partial charge on any atom is 0.161 e. The first-order chi connectivity index (χ1) is 9.24. The van der Waals surface area contributed by atoms with Crippen LogP contribution in [0.15, 0.2) is 48.6 Å². The third-order valence-corrected chi connectivity index (χ3v) is 3.62. The number of carbonyl (C=O) groups is 1. The molecular formula is C15H13ClN2O. The number of halogens is 1. The predicted octanol–water partition coefficient (Wildman–Crippen LogP) is 3.52. The first-order valence-corrected chi connectivity index (χ1v) is 6.59. The van der Waals surface area contributed by atoms with Gasteiger partial charge in [-0.05, 0) is 30.2 Å². The molecule has 0 spiro atoms. The van der Waals surface area contributed by atoms with Gasteiger partial charge in [-0.2, -0.15) is 0 Å². The van der Waals surface area contributed by atoms with Gasteiger partial charge in [0.15, 0.2) is 5.78 Å². The Kier molecular flexibility index (Phi) is 3.22. The van der Waals surface area contributed by atoms with Gasteiger partial charge in [-0.3, -0.25) is 4.79 Å². The highest BCUT2D eigenvalue weighted by Crippen LogP contribution is 2.33. The Morgan fingerprint density at radius 1 is 1.42 bits per heavy atom. The molecule has 3 rings (SSSR count). The number of nitrogens with zero attached hydrogens (tertiary/aromatic N) is 2. The summed E-state index contributed by atoms with van der Waals surface area (Å²) in [5.74, 6) is 0.207. The second kappa shape index (κ2) is 5.02. The second-order valence-corrected chi connectivity index (χ2v) is 5.08. The van der Waals surface area contributed by atoms with E-state index in [-0.39, 0.29) is 11.8 Å². The summed E-state index contributed by atoms with van der Waals surface area (Å²) >= 11 is 5.97. The van der Waals surface area contributed by atoms with Crippen molar-refractivity contribution in [3.63, 3.8) is 0 Å². The molecule has 1 fully saturated rings. The lowest BCUT2D eigenvalue weighted by Crippen LogP contribution is -2.07. The number of allylic oxidation sites excluding steroid dienone is 1. The second-order valence-electron chi connectivity index (χ2n) is 4.64. The number of hydrogen-bond donors (Lipinski definition) is 0. The number of carbonyl (C=O) groups excluding carboxylic acids is 1. The molecule has 0 radical (unpaired) electrons. The van der Waals surface area contributed by atoms with Gasteiger partial charge in [0, 0.05) is 29.4 Å². The number of Topliss-reactive ketones (excluding diaryl/α,β-unsaturated/α-hetero) is 1. The number of hydrogen-bond acceptors (Lipinski definition) is 2. The topological polar surface area (TPSA) is 34.9 Å². The van der Waals surface area contributed by atoms with Gasteiger partial charge in [-0.15, -0.1) is 0 Å². The van der Waals surface area contributed by atoms with Crippen molar-refractivity contribution in [2.24, 2.45) is 0 Å². The van der Waals surface area contributed by atoms with E-state index < -0.39 is 0 Å². The summed E-state index contributed by atoms with van der Waals surface area (Å²) in [5, 5.41) is 0.680. The lowest BCUT2D eigenvalue weighted by atomic mass is 10.1. The van der Waals surface area contributed by atoms with E-state index in [1.807, 2.05) is 41.1 Å². The molecule has 1 unspecified atom stereocenters. The van der Waals surface area contributed by atoms with Crippen LogP contribution in [0.3, 0.4) is 0 Å². The maximum atomic E-state index is 12.0. The zero-order valence-corrected chi connectivity index (χ0v) is 11.0. The number of benzene rings is 1. The molecule has 1 aliphatic carbocycles. The van der Waals surface area contributed by atoms with Gasteiger partial charge in [0.05, 0.1) is 12.4 Å². The largest absolute Gasteiger partial charge is 0.330 e. The summed E-state index contributed by atoms with van der Waals surface area (Å²) in [7, 11) is 0. The highest BCUT2D eigenvalue weighted by molar-refractivity contribution is 6.30. The van der Waals surface area contributed by atoms with E-state index in [2.05, 4.69) is 4.98 Å². The van der Waals surface area contributed by atoms with Gasteiger partial charge in [-0.1, -0.05) is 23.7 Å². The predicted molar refractivity (Wildman–Crippen MR) is 74.9 cm³/mol. The number of rotatable bonds is 2. The van der Waals surface area contributed by atoms with Gasteiger partial charge >= 0.3 is 0 Å². The van der Waals surface area contributed by atoms with Crippen LogP contribution in [0, 0.1) is 0 Å². The average molecular weight is 273 g/mol. The quantitative estimate of drug-likeness (QED) is 0.784. The average Bonchev–Trinajstić information content (AvgIpc) is 3.01. The number of ketones is 1. The molecule has 2 aromatic rings. The first-order valence-electron chi connectivity index (χ1n) is 6.22. The van der Waals surface area contributed by atoms with Crippen LogP contribution in [-0.2, 0) is 4.79 Å². The molecule has 0 N–H and O–H groups in total. The van der Waals surface area contributed by atoms with Crippen molar-refractivity contribution in [3.05, 3.63) is 59.1 Å². The van der Waals surface area contributed by atoms with E-state index in [1.165, 1.54) is 0 Å². The minimum atomic E-state index is 0.0916.